The minimum absolute atomic E-state index is 0.136. The number of ether oxygens (including phenoxy) is 1. The van der Waals surface area contributed by atoms with E-state index in [4.69, 9.17) is 9.26 Å². The van der Waals surface area contributed by atoms with Crippen LogP contribution >= 0.6 is 0 Å². The standard InChI is InChI=1S/C18H24N4O3/c1-24-8-6-16-21-17(25-22-16)12-20-18(23)15-4-2-3-13(10-15)9-14-5-7-19-11-14/h2-4,10,14,19H,5-9,11-12H2,1H3,(H,20,23). The molecule has 1 aliphatic rings. The summed E-state index contributed by atoms with van der Waals surface area (Å²) in [6.07, 6.45) is 2.78. The first kappa shape index (κ1) is 17.6. The first-order valence-electron chi connectivity index (χ1n) is 8.63. The molecule has 1 saturated heterocycles. The van der Waals surface area contributed by atoms with Crippen molar-refractivity contribution in [2.45, 2.75) is 25.8 Å². The molecule has 0 radical (unpaired) electrons. The van der Waals surface area contributed by atoms with Crippen LogP contribution in [0.15, 0.2) is 28.8 Å². The highest BCUT2D eigenvalue weighted by Gasteiger charge is 2.16. The van der Waals surface area contributed by atoms with E-state index in [2.05, 4.69) is 26.8 Å². The summed E-state index contributed by atoms with van der Waals surface area (Å²) in [6.45, 7) is 2.89. The molecule has 1 fully saturated rings. The van der Waals surface area contributed by atoms with Crippen molar-refractivity contribution in [3.8, 4) is 0 Å². The van der Waals surface area contributed by atoms with E-state index in [1.54, 1.807) is 7.11 Å². The molecular formula is C18H24N4O3. The summed E-state index contributed by atoms with van der Waals surface area (Å²) in [6, 6.07) is 7.80. The second-order valence-electron chi connectivity index (χ2n) is 6.29. The molecule has 0 saturated carbocycles. The van der Waals surface area contributed by atoms with Gasteiger partial charge in [-0.3, -0.25) is 4.79 Å². The summed E-state index contributed by atoms with van der Waals surface area (Å²) in [5.74, 6) is 1.50. The Morgan fingerprint density at radius 2 is 2.40 bits per heavy atom. The Bertz CT molecular complexity index is 695. The second-order valence-corrected chi connectivity index (χ2v) is 6.29. The van der Waals surface area contributed by atoms with Gasteiger partial charge in [0.25, 0.3) is 5.91 Å². The Morgan fingerprint density at radius 1 is 1.48 bits per heavy atom. The second kappa shape index (κ2) is 8.73. The Labute approximate surface area is 147 Å². The zero-order valence-corrected chi connectivity index (χ0v) is 14.5. The Morgan fingerprint density at radius 3 is 3.20 bits per heavy atom. The van der Waals surface area contributed by atoms with Crippen molar-refractivity contribution >= 4 is 5.91 Å². The van der Waals surface area contributed by atoms with Gasteiger partial charge in [0.2, 0.25) is 5.89 Å². The fourth-order valence-corrected chi connectivity index (χ4v) is 2.98. The first-order valence-corrected chi connectivity index (χ1v) is 8.63. The molecule has 3 rings (SSSR count). The molecule has 2 N–H and O–H groups in total. The maximum absolute atomic E-state index is 12.4. The molecule has 1 unspecified atom stereocenters. The van der Waals surface area contributed by atoms with Crippen molar-refractivity contribution < 1.29 is 14.1 Å². The smallest absolute Gasteiger partial charge is 0.251 e. The van der Waals surface area contributed by atoms with E-state index < -0.39 is 0 Å². The zero-order valence-electron chi connectivity index (χ0n) is 14.5. The molecule has 1 aromatic carbocycles. The van der Waals surface area contributed by atoms with Crippen LogP contribution in [0.4, 0.5) is 0 Å². The number of carbonyl (C=O) groups is 1. The lowest BCUT2D eigenvalue weighted by molar-refractivity contribution is 0.0946. The fourth-order valence-electron chi connectivity index (χ4n) is 2.98. The van der Waals surface area contributed by atoms with Gasteiger partial charge < -0.3 is 19.9 Å². The van der Waals surface area contributed by atoms with Gasteiger partial charge in [-0.2, -0.15) is 4.98 Å². The predicted molar refractivity (Wildman–Crippen MR) is 92.2 cm³/mol. The Kier molecular flexibility index (Phi) is 6.14. The maximum Gasteiger partial charge on any atom is 0.251 e. The molecule has 1 aromatic heterocycles. The highest BCUT2D eigenvalue weighted by atomic mass is 16.5. The summed E-state index contributed by atoms with van der Waals surface area (Å²) in [5.41, 5.74) is 1.85. The minimum Gasteiger partial charge on any atom is -0.384 e. The van der Waals surface area contributed by atoms with Gasteiger partial charge in [0.1, 0.15) is 0 Å². The fraction of sp³-hybridized carbons (Fsp3) is 0.500. The highest BCUT2D eigenvalue weighted by Crippen LogP contribution is 2.16. The average molecular weight is 344 g/mol. The largest absolute Gasteiger partial charge is 0.384 e. The number of aromatic nitrogens is 2. The summed E-state index contributed by atoms with van der Waals surface area (Å²) in [4.78, 5) is 16.6. The van der Waals surface area contributed by atoms with Crippen molar-refractivity contribution in [3.05, 3.63) is 47.1 Å². The zero-order chi connectivity index (χ0) is 17.5. The van der Waals surface area contributed by atoms with E-state index in [0.29, 0.717) is 36.2 Å². The molecule has 7 heteroatoms. The Balaban J connectivity index is 1.53. The van der Waals surface area contributed by atoms with Crippen molar-refractivity contribution in [2.24, 2.45) is 5.92 Å². The number of methoxy groups -OCH3 is 1. The minimum atomic E-state index is -0.136. The number of rotatable bonds is 8. The lowest BCUT2D eigenvalue weighted by Gasteiger charge is -2.09. The molecule has 7 nitrogen and oxygen atoms in total. The van der Waals surface area contributed by atoms with Crippen molar-refractivity contribution in [1.82, 2.24) is 20.8 Å². The number of nitrogens with one attached hydrogen (secondary N) is 2. The summed E-state index contributed by atoms with van der Waals surface area (Å²) in [7, 11) is 1.62. The predicted octanol–water partition coefficient (Wildman–Crippen LogP) is 1.34. The first-order chi connectivity index (χ1) is 12.2. The molecular weight excluding hydrogens is 320 g/mol. The third-order valence-electron chi connectivity index (χ3n) is 4.32. The molecule has 2 aromatic rings. The number of amides is 1. The van der Waals surface area contributed by atoms with Gasteiger partial charge >= 0.3 is 0 Å². The number of hydrogen-bond donors (Lipinski definition) is 2. The van der Waals surface area contributed by atoms with Crippen LogP contribution in [0.2, 0.25) is 0 Å². The summed E-state index contributed by atoms with van der Waals surface area (Å²) in [5, 5.41) is 10.1. The third kappa shape index (κ3) is 5.11. The van der Waals surface area contributed by atoms with Crippen LogP contribution in [0, 0.1) is 5.92 Å². The third-order valence-corrected chi connectivity index (χ3v) is 4.32. The number of benzene rings is 1. The van der Waals surface area contributed by atoms with Gasteiger partial charge in [0.05, 0.1) is 13.2 Å². The van der Waals surface area contributed by atoms with Crippen LogP contribution < -0.4 is 10.6 Å². The van der Waals surface area contributed by atoms with Crippen molar-refractivity contribution in [1.29, 1.82) is 0 Å². The lowest BCUT2D eigenvalue weighted by Crippen LogP contribution is -2.23. The van der Waals surface area contributed by atoms with E-state index in [9.17, 15) is 4.79 Å². The molecule has 0 aliphatic carbocycles. The number of nitrogens with zero attached hydrogens (tertiary/aromatic N) is 2. The maximum atomic E-state index is 12.4. The molecule has 1 atom stereocenters. The Hall–Kier alpha value is -2.25. The molecule has 0 bridgehead atoms. The van der Waals surface area contributed by atoms with Crippen LogP contribution in [0.3, 0.4) is 0 Å². The van der Waals surface area contributed by atoms with Gasteiger partial charge in [-0.05, 0) is 49.5 Å². The quantitative estimate of drug-likeness (QED) is 0.751. The molecule has 0 spiro atoms. The highest BCUT2D eigenvalue weighted by molar-refractivity contribution is 5.94. The van der Waals surface area contributed by atoms with E-state index in [1.807, 2.05) is 18.2 Å². The SMILES string of the molecule is COCCc1noc(CNC(=O)c2cccc(CC3CCNC3)c2)n1. The van der Waals surface area contributed by atoms with Gasteiger partial charge in [0, 0.05) is 19.1 Å². The van der Waals surface area contributed by atoms with Crippen molar-refractivity contribution in [3.63, 3.8) is 0 Å². The number of carbonyl (C=O) groups excluding carboxylic acids is 1. The average Bonchev–Trinajstić information content (AvgIpc) is 3.30. The van der Waals surface area contributed by atoms with Crippen LogP contribution in [0.1, 0.15) is 34.1 Å². The van der Waals surface area contributed by atoms with Crippen molar-refractivity contribution in [2.75, 3.05) is 26.8 Å². The van der Waals surface area contributed by atoms with E-state index in [0.717, 1.165) is 19.5 Å². The lowest BCUT2D eigenvalue weighted by atomic mass is 9.97. The number of hydrogen-bond acceptors (Lipinski definition) is 6. The molecule has 25 heavy (non-hydrogen) atoms. The molecule has 1 aliphatic heterocycles. The molecule has 134 valence electrons. The van der Waals surface area contributed by atoms with Gasteiger partial charge in [-0.15, -0.1) is 0 Å². The summed E-state index contributed by atoms with van der Waals surface area (Å²) >= 11 is 0. The van der Waals surface area contributed by atoms with E-state index >= 15 is 0 Å². The van der Waals surface area contributed by atoms with Gasteiger partial charge in [-0.25, -0.2) is 0 Å². The van der Waals surface area contributed by atoms with Crippen LogP contribution in [-0.4, -0.2) is 42.9 Å². The van der Waals surface area contributed by atoms with Gasteiger partial charge in [0.15, 0.2) is 5.82 Å². The summed E-state index contributed by atoms with van der Waals surface area (Å²) < 4.78 is 10.1. The van der Waals surface area contributed by atoms with Crippen LogP contribution in [0.25, 0.3) is 0 Å². The molecule has 1 amide bonds. The molecule has 2 heterocycles. The van der Waals surface area contributed by atoms with E-state index in [-0.39, 0.29) is 12.5 Å². The monoisotopic (exact) mass is 344 g/mol. The van der Waals surface area contributed by atoms with Crippen LogP contribution in [-0.2, 0) is 24.1 Å². The topological polar surface area (TPSA) is 89.3 Å². The normalized spacial score (nSPS) is 16.9. The van der Waals surface area contributed by atoms with Gasteiger partial charge in [-0.1, -0.05) is 17.3 Å². The van der Waals surface area contributed by atoms with E-state index in [1.165, 1.54) is 12.0 Å². The van der Waals surface area contributed by atoms with Crippen LogP contribution in [0.5, 0.6) is 0 Å².